The highest BCUT2D eigenvalue weighted by Gasteiger charge is 2.28. The minimum absolute atomic E-state index is 0.219. The van der Waals surface area contributed by atoms with E-state index >= 15 is 0 Å². The van der Waals surface area contributed by atoms with Gasteiger partial charge in [0.25, 0.3) is 0 Å². The van der Waals surface area contributed by atoms with Crippen molar-refractivity contribution < 1.29 is 19.0 Å². The van der Waals surface area contributed by atoms with Gasteiger partial charge < -0.3 is 19.5 Å². The summed E-state index contributed by atoms with van der Waals surface area (Å²) in [5.41, 5.74) is 2.70. The molecule has 0 fully saturated rings. The van der Waals surface area contributed by atoms with E-state index in [0.29, 0.717) is 17.2 Å². The third-order valence-electron chi connectivity index (χ3n) is 4.54. The van der Waals surface area contributed by atoms with Gasteiger partial charge in [-0.25, -0.2) is 4.68 Å². The number of hydrogen-bond acceptors (Lipinski definition) is 6. The lowest BCUT2D eigenvalue weighted by atomic mass is 10.1. The first-order valence-electron chi connectivity index (χ1n) is 9.26. The Morgan fingerprint density at radius 1 is 1.14 bits per heavy atom. The fourth-order valence-electron chi connectivity index (χ4n) is 3.15. The maximum absolute atomic E-state index is 12.7. The molecule has 156 valence electrons. The number of methoxy groups -OCH3 is 3. The number of aromatic nitrogens is 2. The minimum Gasteiger partial charge on any atom is -0.493 e. The molecular weight excluding hydrogens is 390 g/mol. The fourth-order valence-corrected chi connectivity index (χ4v) is 4.19. The first kappa shape index (κ1) is 21.1. The Labute approximate surface area is 175 Å². The Morgan fingerprint density at radius 2 is 1.79 bits per heavy atom. The Bertz CT molecular complexity index is 919. The molecule has 0 spiro atoms. The number of benzene rings is 1. The quantitative estimate of drug-likeness (QED) is 0.715. The molecule has 0 atom stereocenters. The van der Waals surface area contributed by atoms with Gasteiger partial charge in [-0.05, 0) is 44.5 Å². The Morgan fingerprint density at radius 3 is 2.34 bits per heavy atom. The largest absolute Gasteiger partial charge is 0.493 e. The number of amides is 1. The number of ether oxygens (including phenoxy) is 3. The van der Waals surface area contributed by atoms with Crippen LogP contribution in [0.15, 0.2) is 18.2 Å². The summed E-state index contributed by atoms with van der Waals surface area (Å²) in [4.78, 5) is 12.7. The van der Waals surface area contributed by atoms with Crippen molar-refractivity contribution in [2.24, 2.45) is 0 Å². The van der Waals surface area contributed by atoms with Gasteiger partial charge in [0.1, 0.15) is 5.82 Å². The van der Waals surface area contributed by atoms with E-state index in [1.165, 1.54) is 6.08 Å². The van der Waals surface area contributed by atoms with Crippen molar-refractivity contribution in [2.75, 3.05) is 26.6 Å². The molecule has 2 heterocycles. The topological polar surface area (TPSA) is 74.6 Å². The van der Waals surface area contributed by atoms with Crippen molar-refractivity contribution >= 4 is 29.6 Å². The standard InChI is InChI=1S/C21H27N3O4S/c1-21(2,3)24-20(14-11-29-12-15(14)23-24)22-18(25)8-7-13-9-16(26-4)19(28-6)17(10-13)27-5/h7-10H,11-12H2,1-6H3,(H,22,25)/b8-7-. The summed E-state index contributed by atoms with van der Waals surface area (Å²) in [5.74, 6) is 3.87. The molecule has 7 nitrogen and oxygen atoms in total. The van der Waals surface area contributed by atoms with Gasteiger partial charge >= 0.3 is 0 Å². The second kappa shape index (κ2) is 8.41. The van der Waals surface area contributed by atoms with Crippen LogP contribution in [0, 0.1) is 0 Å². The average Bonchev–Trinajstić information content (AvgIpc) is 3.27. The lowest BCUT2D eigenvalue weighted by Crippen LogP contribution is -2.26. The third kappa shape index (κ3) is 4.37. The maximum atomic E-state index is 12.7. The van der Waals surface area contributed by atoms with Crippen LogP contribution in [0.25, 0.3) is 6.08 Å². The minimum atomic E-state index is -0.224. The second-order valence-corrected chi connectivity index (χ2v) is 8.62. The number of carbonyl (C=O) groups excluding carboxylic acids is 1. The maximum Gasteiger partial charge on any atom is 0.249 e. The van der Waals surface area contributed by atoms with Crippen LogP contribution in [0.5, 0.6) is 17.2 Å². The van der Waals surface area contributed by atoms with Crippen LogP contribution in [0.4, 0.5) is 5.82 Å². The summed E-state index contributed by atoms with van der Waals surface area (Å²) in [7, 11) is 4.67. The van der Waals surface area contributed by atoms with Crippen molar-refractivity contribution in [1.29, 1.82) is 0 Å². The van der Waals surface area contributed by atoms with E-state index < -0.39 is 0 Å². The van der Waals surface area contributed by atoms with Crippen molar-refractivity contribution in [3.05, 3.63) is 35.0 Å². The van der Waals surface area contributed by atoms with Gasteiger partial charge in [0.2, 0.25) is 11.7 Å². The normalized spacial score (nSPS) is 13.4. The number of nitrogens with one attached hydrogen (secondary N) is 1. The molecule has 0 saturated carbocycles. The molecule has 29 heavy (non-hydrogen) atoms. The molecule has 1 aliphatic heterocycles. The van der Waals surface area contributed by atoms with Gasteiger partial charge in [0.05, 0.1) is 32.6 Å². The summed E-state index contributed by atoms with van der Waals surface area (Å²) >= 11 is 1.81. The van der Waals surface area contributed by atoms with Crippen molar-refractivity contribution in [3.8, 4) is 17.2 Å². The van der Waals surface area contributed by atoms with E-state index in [0.717, 1.165) is 34.1 Å². The molecule has 1 aromatic carbocycles. The summed E-state index contributed by atoms with van der Waals surface area (Å²) in [6.45, 7) is 6.22. The highest BCUT2D eigenvalue weighted by Crippen LogP contribution is 2.39. The molecule has 3 rings (SSSR count). The van der Waals surface area contributed by atoms with E-state index in [1.807, 2.05) is 16.4 Å². The van der Waals surface area contributed by atoms with Gasteiger partial charge in [-0.3, -0.25) is 4.79 Å². The molecule has 2 aromatic rings. The molecule has 0 saturated heterocycles. The number of hydrogen-bond donors (Lipinski definition) is 1. The average molecular weight is 418 g/mol. The van der Waals surface area contributed by atoms with Gasteiger partial charge in [-0.2, -0.15) is 16.9 Å². The summed E-state index contributed by atoms with van der Waals surface area (Å²) in [6, 6.07) is 3.58. The number of carbonyl (C=O) groups is 1. The van der Waals surface area contributed by atoms with Crippen molar-refractivity contribution in [3.63, 3.8) is 0 Å². The number of anilines is 1. The van der Waals surface area contributed by atoms with Gasteiger partial charge in [0.15, 0.2) is 11.5 Å². The predicted molar refractivity (Wildman–Crippen MR) is 116 cm³/mol. The molecule has 0 unspecified atom stereocenters. The molecule has 0 bridgehead atoms. The van der Waals surface area contributed by atoms with Crippen LogP contribution in [-0.2, 0) is 21.8 Å². The van der Waals surface area contributed by atoms with Gasteiger partial charge in [-0.1, -0.05) is 0 Å². The highest BCUT2D eigenvalue weighted by atomic mass is 32.2. The van der Waals surface area contributed by atoms with Crippen LogP contribution in [-0.4, -0.2) is 37.0 Å². The summed E-state index contributed by atoms with van der Waals surface area (Å²) in [5, 5.41) is 7.73. The Balaban J connectivity index is 1.85. The molecule has 1 N–H and O–H groups in total. The van der Waals surface area contributed by atoms with Crippen LogP contribution >= 0.6 is 11.8 Å². The van der Waals surface area contributed by atoms with Crippen molar-refractivity contribution in [1.82, 2.24) is 9.78 Å². The van der Waals surface area contributed by atoms with Crippen LogP contribution in [0.3, 0.4) is 0 Å². The van der Waals surface area contributed by atoms with E-state index in [2.05, 4.69) is 26.1 Å². The molecule has 0 aliphatic carbocycles. The SMILES string of the molecule is COc1cc(/C=C\C(=O)Nc2c3c(nn2C(C)(C)C)CSC3)cc(OC)c1OC. The zero-order valence-electron chi connectivity index (χ0n) is 17.7. The summed E-state index contributed by atoms with van der Waals surface area (Å²) in [6.07, 6.45) is 3.21. The lowest BCUT2D eigenvalue weighted by molar-refractivity contribution is -0.111. The summed E-state index contributed by atoms with van der Waals surface area (Å²) < 4.78 is 18.0. The van der Waals surface area contributed by atoms with E-state index in [-0.39, 0.29) is 11.4 Å². The molecule has 1 amide bonds. The number of thioether (sulfide) groups is 1. The third-order valence-corrected chi connectivity index (χ3v) is 5.51. The van der Waals surface area contributed by atoms with Gasteiger partial charge in [-0.15, -0.1) is 0 Å². The Kier molecular flexibility index (Phi) is 6.12. The molecular formula is C21H27N3O4S. The van der Waals surface area contributed by atoms with Gasteiger partial charge in [0, 0.05) is 23.1 Å². The Hall–Kier alpha value is -2.61. The predicted octanol–water partition coefficient (Wildman–Crippen LogP) is 4.06. The van der Waals surface area contributed by atoms with Crippen molar-refractivity contribution in [2.45, 2.75) is 37.8 Å². The van der Waals surface area contributed by atoms with E-state index in [4.69, 9.17) is 19.3 Å². The smallest absolute Gasteiger partial charge is 0.249 e. The molecule has 0 radical (unpaired) electrons. The zero-order valence-corrected chi connectivity index (χ0v) is 18.5. The highest BCUT2D eigenvalue weighted by molar-refractivity contribution is 7.98. The van der Waals surface area contributed by atoms with E-state index in [9.17, 15) is 4.79 Å². The fraction of sp³-hybridized carbons (Fsp3) is 0.429. The van der Waals surface area contributed by atoms with E-state index in [1.54, 1.807) is 39.5 Å². The number of rotatable bonds is 6. The monoisotopic (exact) mass is 417 g/mol. The molecule has 1 aliphatic rings. The molecule has 8 heteroatoms. The van der Waals surface area contributed by atoms with Crippen LogP contribution in [0.2, 0.25) is 0 Å². The van der Waals surface area contributed by atoms with Crippen LogP contribution < -0.4 is 19.5 Å². The number of fused-ring (bicyclic) bond motifs is 1. The first-order chi connectivity index (χ1) is 13.8. The van der Waals surface area contributed by atoms with Crippen LogP contribution in [0.1, 0.15) is 37.6 Å². The molecule has 1 aromatic heterocycles. The first-order valence-corrected chi connectivity index (χ1v) is 10.4. The zero-order chi connectivity index (χ0) is 21.2. The second-order valence-electron chi connectivity index (χ2n) is 7.63. The number of nitrogens with zero attached hydrogens (tertiary/aromatic N) is 2. The lowest BCUT2D eigenvalue weighted by Gasteiger charge is -2.23.